The lowest BCUT2D eigenvalue weighted by Gasteiger charge is -2.12. The molecule has 0 unspecified atom stereocenters. The molecule has 21 heavy (non-hydrogen) atoms. The van der Waals surface area contributed by atoms with Crippen LogP contribution in [-0.4, -0.2) is 34.6 Å². The van der Waals surface area contributed by atoms with Gasteiger partial charge in [0.15, 0.2) is 0 Å². The van der Waals surface area contributed by atoms with Crippen molar-refractivity contribution in [2.45, 2.75) is 26.3 Å². The summed E-state index contributed by atoms with van der Waals surface area (Å²) in [6.07, 6.45) is 0.146. The van der Waals surface area contributed by atoms with Crippen molar-refractivity contribution in [2.75, 3.05) is 7.11 Å². The molecule has 1 heterocycles. The van der Waals surface area contributed by atoms with Crippen LogP contribution in [-0.2, 0) is 16.6 Å². The van der Waals surface area contributed by atoms with E-state index in [2.05, 4.69) is 15.0 Å². The minimum atomic E-state index is -0.349. The second kappa shape index (κ2) is 5.95. The van der Waals surface area contributed by atoms with Crippen LogP contribution in [0.25, 0.3) is 11.0 Å². The first-order chi connectivity index (χ1) is 9.92. The van der Waals surface area contributed by atoms with Crippen LogP contribution in [0.5, 0.6) is 0 Å². The van der Waals surface area contributed by atoms with Crippen molar-refractivity contribution in [1.82, 2.24) is 14.9 Å². The molecule has 0 spiro atoms. The third-order valence-electron chi connectivity index (χ3n) is 3.44. The number of ether oxygens (including phenoxy) is 1. The number of hydrogen-bond donors (Lipinski definition) is 1. The van der Waals surface area contributed by atoms with Crippen molar-refractivity contribution in [3.63, 3.8) is 0 Å². The fourth-order valence-corrected chi connectivity index (χ4v) is 2.15. The highest BCUT2D eigenvalue weighted by Gasteiger charge is 2.14. The molecule has 1 aromatic heterocycles. The minimum Gasteiger partial charge on any atom is -0.469 e. The maximum atomic E-state index is 12.2. The first-order valence-electron chi connectivity index (χ1n) is 6.73. The Labute approximate surface area is 123 Å². The van der Waals surface area contributed by atoms with Gasteiger partial charge in [-0.2, -0.15) is 0 Å². The highest BCUT2D eigenvalue weighted by atomic mass is 16.5. The fourth-order valence-electron chi connectivity index (χ4n) is 2.15. The Kier molecular flexibility index (Phi) is 4.26. The van der Waals surface area contributed by atoms with Crippen LogP contribution in [0.3, 0.4) is 0 Å². The van der Waals surface area contributed by atoms with Gasteiger partial charge in [0.05, 0.1) is 24.6 Å². The maximum absolute atomic E-state index is 12.2. The number of carbonyl (C=O) groups excluding carboxylic acids is 2. The second-order valence-corrected chi connectivity index (χ2v) is 5.08. The Morgan fingerprint density at radius 2 is 2.14 bits per heavy atom. The van der Waals surface area contributed by atoms with Gasteiger partial charge < -0.3 is 14.6 Å². The molecule has 1 atom stereocenters. The van der Waals surface area contributed by atoms with Gasteiger partial charge in [0, 0.05) is 18.7 Å². The fraction of sp³-hybridized carbons (Fsp3) is 0.400. The van der Waals surface area contributed by atoms with E-state index in [1.165, 1.54) is 7.11 Å². The molecule has 0 aliphatic carbocycles. The van der Waals surface area contributed by atoms with Crippen molar-refractivity contribution < 1.29 is 14.3 Å². The van der Waals surface area contributed by atoms with E-state index in [-0.39, 0.29) is 24.3 Å². The van der Waals surface area contributed by atoms with Gasteiger partial charge in [-0.15, -0.1) is 0 Å². The van der Waals surface area contributed by atoms with E-state index >= 15 is 0 Å². The summed E-state index contributed by atoms with van der Waals surface area (Å²) in [7, 11) is 3.26. The van der Waals surface area contributed by atoms with Crippen LogP contribution in [0.2, 0.25) is 0 Å². The summed E-state index contributed by atoms with van der Waals surface area (Å²) in [4.78, 5) is 27.7. The zero-order valence-electron chi connectivity index (χ0n) is 12.6. The van der Waals surface area contributed by atoms with Gasteiger partial charge in [0.1, 0.15) is 5.82 Å². The number of rotatable bonds is 4. The molecule has 1 N–H and O–H groups in total. The summed E-state index contributed by atoms with van der Waals surface area (Å²) in [5.41, 5.74) is 2.28. The quantitative estimate of drug-likeness (QED) is 0.867. The van der Waals surface area contributed by atoms with Crippen molar-refractivity contribution >= 4 is 22.9 Å². The van der Waals surface area contributed by atoms with Gasteiger partial charge in [-0.25, -0.2) is 4.98 Å². The van der Waals surface area contributed by atoms with Gasteiger partial charge >= 0.3 is 5.97 Å². The molecule has 0 saturated heterocycles. The van der Waals surface area contributed by atoms with Crippen molar-refractivity contribution in [1.29, 1.82) is 0 Å². The number of methoxy groups -OCH3 is 1. The zero-order chi connectivity index (χ0) is 15.6. The predicted octanol–water partition coefficient (Wildman–Crippen LogP) is 1.56. The van der Waals surface area contributed by atoms with Gasteiger partial charge in [-0.3, -0.25) is 9.59 Å². The van der Waals surface area contributed by atoms with E-state index in [4.69, 9.17) is 0 Å². The Bertz CT molecular complexity index is 691. The summed E-state index contributed by atoms with van der Waals surface area (Å²) in [5.74, 6) is 0.317. The average molecular weight is 289 g/mol. The highest BCUT2D eigenvalue weighted by molar-refractivity contribution is 5.97. The number of amides is 1. The normalized spacial score (nSPS) is 12.2. The molecule has 0 aliphatic rings. The van der Waals surface area contributed by atoms with Crippen LogP contribution in [0.1, 0.15) is 29.5 Å². The number of imidazole rings is 1. The molecule has 112 valence electrons. The minimum absolute atomic E-state index is 0.146. The zero-order valence-corrected chi connectivity index (χ0v) is 12.6. The average Bonchev–Trinajstić information content (AvgIpc) is 2.73. The SMILES string of the molecule is COC(=O)C[C@H](C)NC(=O)c1ccc2c(c1)nc(C)n2C. The largest absolute Gasteiger partial charge is 0.469 e. The molecule has 1 amide bonds. The van der Waals surface area contributed by atoms with E-state index in [0.29, 0.717) is 5.56 Å². The molecule has 6 nitrogen and oxygen atoms in total. The Morgan fingerprint density at radius 3 is 2.81 bits per heavy atom. The van der Waals surface area contributed by atoms with Crippen LogP contribution in [0.4, 0.5) is 0 Å². The molecule has 1 aromatic carbocycles. The first-order valence-corrected chi connectivity index (χ1v) is 6.73. The van der Waals surface area contributed by atoms with E-state index < -0.39 is 0 Å². The number of esters is 1. The first kappa shape index (κ1) is 15.0. The monoisotopic (exact) mass is 289 g/mol. The van der Waals surface area contributed by atoms with E-state index in [9.17, 15) is 9.59 Å². The van der Waals surface area contributed by atoms with Crippen LogP contribution < -0.4 is 5.32 Å². The molecular formula is C15H19N3O3. The molecule has 6 heteroatoms. The van der Waals surface area contributed by atoms with Crippen molar-refractivity contribution in [2.24, 2.45) is 7.05 Å². The van der Waals surface area contributed by atoms with Crippen molar-refractivity contribution in [3.05, 3.63) is 29.6 Å². The number of aromatic nitrogens is 2. The number of benzene rings is 1. The standard InChI is InChI=1S/C15H19N3O3/c1-9(7-14(19)21-4)16-15(20)11-5-6-13-12(8-11)17-10(2)18(13)3/h5-6,8-9H,7H2,1-4H3,(H,16,20)/t9-/m0/s1. The van der Waals surface area contributed by atoms with E-state index in [1.54, 1.807) is 19.1 Å². The second-order valence-electron chi connectivity index (χ2n) is 5.08. The third kappa shape index (κ3) is 3.21. The Balaban J connectivity index is 2.14. The highest BCUT2D eigenvalue weighted by Crippen LogP contribution is 2.16. The topological polar surface area (TPSA) is 73.2 Å². The number of carbonyl (C=O) groups is 2. The van der Waals surface area contributed by atoms with Gasteiger partial charge in [-0.1, -0.05) is 0 Å². The number of fused-ring (bicyclic) bond motifs is 1. The number of hydrogen-bond acceptors (Lipinski definition) is 4. The Morgan fingerprint density at radius 1 is 1.43 bits per heavy atom. The van der Waals surface area contributed by atoms with E-state index in [0.717, 1.165) is 16.9 Å². The lowest BCUT2D eigenvalue weighted by Crippen LogP contribution is -2.34. The Hall–Kier alpha value is -2.37. The third-order valence-corrected chi connectivity index (χ3v) is 3.44. The van der Waals surface area contributed by atoms with Crippen molar-refractivity contribution in [3.8, 4) is 0 Å². The van der Waals surface area contributed by atoms with Crippen LogP contribution in [0.15, 0.2) is 18.2 Å². The number of aryl methyl sites for hydroxylation is 2. The molecule has 0 saturated carbocycles. The summed E-state index contributed by atoms with van der Waals surface area (Å²) in [6.45, 7) is 3.68. The van der Waals surface area contributed by atoms with E-state index in [1.807, 2.05) is 24.6 Å². The van der Waals surface area contributed by atoms with Crippen LogP contribution in [0, 0.1) is 6.92 Å². The summed E-state index contributed by atoms with van der Waals surface area (Å²) < 4.78 is 6.55. The molecule has 0 bridgehead atoms. The molecule has 0 fully saturated rings. The molecule has 0 radical (unpaired) electrons. The summed E-state index contributed by atoms with van der Waals surface area (Å²) in [5, 5.41) is 2.77. The van der Waals surface area contributed by atoms with Crippen LogP contribution >= 0.6 is 0 Å². The molecule has 0 aliphatic heterocycles. The predicted molar refractivity (Wildman–Crippen MR) is 79.0 cm³/mol. The molecular weight excluding hydrogens is 270 g/mol. The number of nitrogens with zero attached hydrogens (tertiary/aromatic N) is 2. The van der Waals surface area contributed by atoms with Gasteiger partial charge in [0.2, 0.25) is 0 Å². The summed E-state index contributed by atoms with van der Waals surface area (Å²) >= 11 is 0. The van der Waals surface area contributed by atoms with Gasteiger partial charge in [-0.05, 0) is 32.0 Å². The lowest BCUT2D eigenvalue weighted by molar-refractivity contribution is -0.141. The van der Waals surface area contributed by atoms with Gasteiger partial charge in [0.25, 0.3) is 5.91 Å². The maximum Gasteiger partial charge on any atom is 0.307 e. The summed E-state index contributed by atoms with van der Waals surface area (Å²) in [6, 6.07) is 5.09. The number of nitrogens with one attached hydrogen (secondary N) is 1. The molecule has 2 rings (SSSR count). The smallest absolute Gasteiger partial charge is 0.307 e. The molecule has 2 aromatic rings. The lowest BCUT2D eigenvalue weighted by atomic mass is 10.1.